The normalized spacial score (nSPS) is 32.4. The van der Waals surface area contributed by atoms with Gasteiger partial charge in [-0.15, -0.1) is 0 Å². The zero-order chi connectivity index (χ0) is 12.8. The molecule has 2 saturated carbocycles. The van der Waals surface area contributed by atoms with Crippen LogP contribution in [0, 0.1) is 17.3 Å². The summed E-state index contributed by atoms with van der Waals surface area (Å²) in [6.07, 6.45) is 17.4. The first-order chi connectivity index (χ1) is 8.83. The number of rotatable bonds is 8. The van der Waals surface area contributed by atoms with Gasteiger partial charge in [0.2, 0.25) is 0 Å². The molecule has 0 spiro atoms. The van der Waals surface area contributed by atoms with E-state index in [1.165, 1.54) is 83.3 Å². The van der Waals surface area contributed by atoms with Crippen molar-refractivity contribution in [3.05, 3.63) is 0 Å². The van der Waals surface area contributed by atoms with E-state index in [-0.39, 0.29) is 0 Å². The molecule has 2 aliphatic rings. The molecule has 1 heteroatoms. The van der Waals surface area contributed by atoms with Crippen molar-refractivity contribution in [2.75, 3.05) is 0 Å². The van der Waals surface area contributed by atoms with E-state index in [0.29, 0.717) is 11.3 Å². The van der Waals surface area contributed by atoms with Crippen LogP contribution >= 0.6 is 0 Å². The molecule has 0 heterocycles. The minimum absolute atomic E-state index is 0.383. The number of fused-ring (bicyclic) bond motifs is 1. The van der Waals surface area contributed by atoms with Gasteiger partial charge in [0.1, 0.15) is 6.29 Å². The molecule has 0 amide bonds. The average Bonchev–Trinajstić information content (AvgIpc) is 2.93. The van der Waals surface area contributed by atoms with E-state index in [1.807, 2.05) is 0 Å². The van der Waals surface area contributed by atoms with E-state index in [1.54, 1.807) is 0 Å². The number of carbonyl (C=O) groups excluding carboxylic acids is 1. The van der Waals surface area contributed by atoms with E-state index < -0.39 is 0 Å². The summed E-state index contributed by atoms with van der Waals surface area (Å²) in [5.74, 6) is 1.28. The van der Waals surface area contributed by atoms with Crippen molar-refractivity contribution in [1.29, 1.82) is 0 Å². The lowest BCUT2D eigenvalue weighted by Crippen LogP contribution is -2.31. The molecule has 0 aromatic heterocycles. The molecule has 2 fully saturated rings. The molecular weight excluding hydrogens is 220 g/mol. The molecule has 2 aliphatic carbocycles. The molecule has 0 N–H and O–H groups in total. The number of aldehydes is 1. The largest absolute Gasteiger partial charge is 0.303 e. The summed E-state index contributed by atoms with van der Waals surface area (Å²) in [5, 5.41) is 0. The Labute approximate surface area is 113 Å². The number of hydrogen-bond donors (Lipinski definition) is 0. The summed E-state index contributed by atoms with van der Waals surface area (Å²) >= 11 is 0. The Morgan fingerprint density at radius 2 is 1.78 bits per heavy atom. The molecule has 1 nitrogen and oxygen atoms in total. The monoisotopic (exact) mass is 250 g/mol. The van der Waals surface area contributed by atoms with Gasteiger partial charge in [0, 0.05) is 5.92 Å². The average molecular weight is 250 g/mol. The van der Waals surface area contributed by atoms with E-state index >= 15 is 0 Å². The van der Waals surface area contributed by atoms with Crippen LogP contribution < -0.4 is 0 Å². The maximum absolute atomic E-state index is 11.5. The highest BCUT2D eigenvalue weighted by Gasteiger charge is 2.50. The van der Waals surface area contributed by atoms with Gasteiger partial charge in [-0.2, -0.15) is 0 Å². The van der Waals surface area contributed by atoms with Crippen molar-refractivity contribution in [3.63, 3.8) is 0 Å². The SMILES string of the molecule is CCCCCCCC(C=O)C12CCCC1CCC2. The summed E-state index contributed by atoms with van der Waals surface area (Å²) in [6.45, 7) is 2.26. The molecule has 0 radical (unpaired) electrons. The fourth-order valence-corrected chi connectivity index (χ4v) is 4.74. The van der Waals surface area contributed by atoms with Crippen LogP contribution in [0.2, 0.25) is 0 Å². The van der Waals surface area contributed by atoms with Crippen LogP contribution in [-0.2, 0) is 4.79 Å². The maximum Gasteiger partial charge on any atom is 0.123 e. The van der Waals surface area contributed by atoms with Crippen molar-refractivity contribution in [2.24, 2.45) is 17.3 Å². The van der Waals surface area contributed by atoms with Crippen molar-refractivity contribution in [1.82, 2.24) is 0 Å². The van der Waals surface area contributed by atoms with Gasteiger partial charge in [-0.1, -0.05) is 51.9 Å². The summed E-state index contributed by atoms with van der Waals surface area (Å²) in [5.41, 5.74) is 0.451. The van der Waals surface area contributed by atoms with Crippen LogP contribution in [0.3, 0.4) is 0 Å². The molecule has 1 atom stereocenters. The zero-order valence-corrected chi connectivity index (χ0v) is 12.1. The summed E-state index contributed by atoms with van der Waals surface area (Å²) < 4.78 is 0. The first-order valence-corrected chi connectivity index (χ1v) is 8.29. The Morgan fingerprint density at radius 1 is 1.11 bits per heavy atom. The van der Waals surface area contributed by atoms with E-state index in [4.69, 9.17) is 0 Å². The highest BCUT2D eigenvalue weighted by atomic mass is 16.1. The van der Waals surface area contributed by atoms with Crippen LogP contribution in [0.25, 0.3) is 0 Å². The molecular formula is C17H30O. The van der Waals surface area contributed by atoms with Gasteiger partial charge in [-0.05, 0) is 43.4 Å². The number of hydrogen-bond acceptors (Lipinski definition) is 1. The Balaban J connectivity index is 1.82. The predicted octanol–water partition coefficient (Wildman–Crippen LogP) is 5.13. The van der Waals surface area contributed by atoms with Crippen molar-refractivity contribution >= 4 is 6.29 Å². The van der Waals surface area contributed by atoms with Crippen LogP contribution in [0.5, 0.6) is 0 Å². The first-order valence-electron chi connectivity index (χ1n) is 8.29. The third-order valence-electron chi connectivity index (χ3n) is 5.72. The smallest absolute Gasteiger partial charge is 0.123 e. The second-order valence-corrected chi connectivity index (χ2v) is 6.66. The molecule has 0 saturated heterocycles. The molecule has 0 bridgehead atoms. The quantitative estimate of drug-likeness (QED) is 0.431. The lowest BCUT2D eigenvalue weighted by Gasteiger charge is -2.35. The third kappa shape index (κ3) is 2.81. The molecule has 18 heavy (non-hydrogen) atoms. The highest BCUT2D eigenvalue weighted by molar-refractivity contribution is 5.55. The first kappa shape index (κ1) is 14.1. The number of unbranched alkanes of at least 4 members (excludes halogenated alkanes) is 4. The van der Waals surface area contributed by atoms with Crippen LogP contribution in [-0.4, -0.2) is 6.29 Å². The molecule has 104 valence electrons. The van der Waals surface area contributed by atoms with Gasteiger partial charge in [0.25, 0.3) is 0 Å². The summed E-state index contributed by atoms with van der Waals surface area (Å²) in [7, 11) is 0. The van der Waals surface area contributed by atoms with Crippen molar-refractivity contribution in [3.8, 4) is 0 Å². The number of carbonyl (C=O) groups is 1. The molecule has 0 aromatic carbocycles. The van der Waals surface area contributed by atoms with Gasteiger partial charge < -0.3 is 4.79 Å². The Bertz CT molecular complexity index is 248. The topological polar surface area (TPSA) is 17.1 Å². The predicted molar refractivity (Wildman–Crippen MR) is 76.6 cm³/mol. The van der Waals surface area contributed by atoms with Gasteiger partial charge in [-0.25, -0.2) is 0 Å². The minimum Gasteiger partial charge on any atom is -0.303 e. The Morgan fingerprint density at radius 3 is 2.39 bits per heavy atom. The highest BCUT2D eigenvalue weighted by Crippen LogP contribution is 2.58. The molecule has 0 aliphatic heterocycles. The van der Waals surface area contributed by atoms with Gasteiger partial charge in [0.05, 0.1) is 0 Å². The van der Waals surface area contributed by atoms with Crippen LogP contribution in [0.15, 0.2) is 0 Å². The molecule has 0 aromatic rings. The molecule has 1 unspecified atom stereocenters. The second kappa shape index (κ2) is 6.73. The van der Waals surface area contributed by atoms with Crippen molar-refractivity contribution in [2.45, 2.75) is 84.0 Å². The minimum atomic E-state index is 0.383. The van der Waals surface area contributed by atoms with Crippen molar-refractivity contribution < 1.29 is 4.79 Å². The zero-order valence-electron chi connectivity index (χ0n) is 12.1. The van der Waals surface area contributed by atoms with E-state index in [2.05, 4.69) is 6.92 Å². The van der Waals surface area contributed by atoms with Crippen LogP contribution in [0.4, 0.5) is 0 Å². The van der Waals surface area contributed by atoms with Gasteiger partial charge >= 0.3 is 0 Å². The fourth-order valence-electron chi connectivity index (χ4n) is 4.74. The Kier molecular flexibility index (Phi) is 5.26. The van der Waals surface area contributed by atoms with E-state index in [0.717, 1.165) is 5.92 Å². The Hall–Kier alpha value is -0.330. The van der Waals surface area contributed by atoms with E-state index in [9.17, 15) is 4.79 Å². The molecule has 2 rings (SSSR count). The lowest BCUT2D eigenvalue weighted by molar-refractivity contribution is -0.116. The third-order valence-corrected chi connectivity index (χ3v) is 5.72. The fraction of sp³-hybridized carbons (Fsp3) is 0.941. The standard InChI is InChI=1S/C17H30O/c1-2-3-4-5-6-9-16(14-18)17-12-7-10-15(17)11-8-13-17/h14-16H,2-13H2,1H3. The van der Waals surface area contributed by atoms with Gasteiger partial charge in [-0.3, -0.25) is 0 Å². The maximum atomic E-state index is 11.5. The summed E-state index contributed by atoms with van der Waals surface area (Å²) in [6, 6.07) is 0. The van der Waals surface area contributed by atoms with Gasteiger partial charge in [0.15, 0.2) is 0 Å². The summed E-state index contributed by atoms with van der Waals surface area (Å²) in [4.78, 5) is 11.5. The lowest BCUT2D eigenvalue weighted by atomic mass is 9.68. The second-order valence-electron chi connectivity index (χ2n) is 6.66. The van der Waals surface area contributed by atoms with Crippen LogP contribution in [0.1, 0.15) is 84.0 Å².